The van der Waals surface area contributed by atoms with Crippen molar-refractivity contribution in [2.45, 2.75) is 0 Å². The summed E-state index contributed by atoms with van der Waals surface area (Å²) in [6, 6.07) is 14.5. The third-order valence-electron chi connectivity index (χ3n) is 3.41. The molecule has 2 N–H and O–H groups in total. The van der Waals surface area contributed by atoms with E-state index in [4.69, 9.17) is 5.11 Å². The average Bonchev–Trinajstić information content (AvgIpc) is 3.04. The Morgan fingerprint density at radius 3 is 2.50 bits per heavy atom. The van der Waals surface area contributed by atoms with E-state index >= 15 is 0 Å². The van der Waals surface area contributed by atoms with Crippen molar-refractivity contribution in [2.75, 3.05) is 0 Å². The summed E-state index contributed by atoms with van der Waals surface area (Å²) in [6.07, 6.45) is 1.31. The Labute approximate surface area is 146 Å². The number of hydrazone groups is 1. The van der Waals surface area contributed by atoms with Crippen LogP contribution in [0.5, 0.6) is 0 Å². The summed E-state index contributed by atoms with van der Waals surface area (Å²) in [4.78, 5) is 23.0. The van der Waals surface area contributed by atoms with Gasteiger partial charge in [-0.2, -0.15) is 5.10 Å². The van der Waals surface area contributed by atoms with Crippen molar-refractivity contribution < 1.29 is 24.2 Å². The van der Waals surface area contributed by atoms with E-state index in [2.05, 4.69) is 20.3 Å². The van der Waals surface area contributed by atoms with Gasteiger partial charge in [0.05, 0.1) is 11.8 Å². The average molecular weight is 352 g/mol. The van der Waals surface area contributed by atoms with E-state index in [-0.39, 0.29) is 21.9 Å². The van der Waals surface area contributed by atoms with Crippen molar-refractivity contribution in [3.05, 3.63) is 76.6 Å². The SMILES string of the molecule is O=C(O)c1ccc(/C=N/NC(=O)c2c(-c3ccccc3)no[n+]2[O-])cc1. The molecular formula is C17H12N4O5. The van der Waals surface area contributed by atoms with Crippen LogP contribution in [-0.2, 0) is 0 Å². The lowest BCUT2D eigenvalue weighted by molar-refractivity contribution is -0.803. The molecule has 1 heterocycles. The minimum atomic E-state index is -1.04. The maximum atomic E-state index is 12.2. The summed E-state index contributed by atoms with van der Waals surface area (Å²) in [5, 5.41) is 27.9. The number of hydrogen-bond acceptors (Lipinski definition) is 6. The summed E-state index contributed by atoms with van der Waals surface area (Å²) < 4.78 is 4.51. The number of rotatable bonds is 5. The van der Waals surface area contributed by atoms with Crippen LogP contribution in [0.25, 0.3) is 11.3 Å². The number of carbonyl (C=O) groups is 2. The third-order valence-corrected chi connectivity index (χ3v) is 3.41. The second-order valence-electron chi connectivity index (χ2n) is 5.12. The van der Waals surface area contributed by atoms with E-state index in [1.807, 2.05) is 0 Å². The fourth-order valence-electron chi connectivity index (χ4n) is 2.15. The van der Waals surface area contributed by atoms with Gasteiger partial charge in [0.1, 0.15) is 0 Å². The van der Waals surface area contributed by atoms with Crippen LogP contribution in [-0.4, -0.2) is 28.4 Å². The third kappa shape index (κ3) is 3.56. The van der Waals surface area contributed by atoms with Crippen molar-refractivity contribution in [3.63, 3.8) is 0 Å². The molecule has 0 fully saturated rings. The standard InChI is InChI=1S/C17H12N4O5/c22-16(19-18-10-11-6-8-13(9-7-11)17(23)24)15-14(20-26-21(15)25)12-4-2-1-3-5-12/h1-10H,(H,19,22)(H,23,24)/b18-10+. The van der Waals surface area contributed by atoms with E-state index in [1.54, 1.807) is 30.3 Å². The van der Waals surface area contributed by atoms with Crippen molar-refractivity contribution in [1.82, 2.24) is 10.6 Å². The van der Waals surface area contributed by atoms with Gasteiger partial charge in [-0.05, 0) is 22.6 Å². The monoisotopic (exact) mass is 352 g/mol. The molecule has 0 aliphatic heterocycles. The van der Waals surface area contributed by atoms with Crippen molar-refractivity contribution >= 4 is 18.1 Å². The molecule has 0 aliphatic carbocycles. The van der Waals surface area contributed by atoms with Gasteiger partial charge in [-0.3, -0.25) is 9.42 Å². The molecule has 3 aromatic rings. The summed E-state index contributed by atoms with van der Waals surface area (Å²) >= 11 is 0. The first kappa shape index (κ1) is 16.8. The van der Waals surface area contributed by atoms with Gasteiger partial charge in [-0.25, -0.2) is 10.2 Å². The van der Waals surface area contributed by atoms with E-state index in [1.165, 1.54) is 30.5 Å². The lowest BCUT2D eigenvalue weighted by atomic mass is 10.1. The predicted molar refractivity (Wildman–Crippen MR) is 89.4 cm³/mol. The van der Waals surface area contributed by atoms with E-state index in [0.717, 1.165) is 0 Å². The normalized spacial score (nSPS) is 10.8. The summed E-state index contributed by atoms with van der Waals surface area (Å²) in [5.41, 5.74) is 3.24. The second kappa shape index (κ2) is 7.26. The van der Waals surface area contributed by atoms with Crippen LogP contribution in [0, 0.1) is 5.21 Å². The van der Waals surface area contributed by atoms with Crippen LogP contribution < -0.4 is 10.3 Å². The molecule has 1 amide bonds. The molecule has 9 nitrogen and oxygen atoms in total. The van der Waals surface area contributed by atoms with Gasteiger partial charge in [-0.1, -0.05) is 42.5 Å². The Morgan fingerprint density at radius 2 is 1.85 bits per heavy atom. The molecular weight excluding hydrogens is 340 g/mol. The Morgan fingerprint density at radius 1 is 1.15 bits per heavy atom. The van der Waals surface area contributed by atoms with Gasteiger partial charge in [0, 0.05) is 10.7 Å². The molecule has 0 atom stereocenters. The van der Waals surface area contributed by atoms with Crippen LogP contribution in [0.15, 0.2) is 64.3 Å². The predicted octanol–water partition coefficient (Wildman–Crippen LogP) is 1.44. The number of carbonyl (C=O) groups excluding carboxylic acids is 1. The highest BCUT2D eigenvalue weighted by molar-refractivity contribution is 5.97. The number of amides is 1. The van der Waals surface area contributed by atoms with Gasteiger partial charge in [0.25, 0.3) is 11.4 Å². The maximum absolute atomic E-state index is 12.2. The van der Waals surface area contributed by atoms with E-state index in [0.29, 0.717) is 11.1 Å². The number of hydrogen-bond donors (Lipinski definition) is 2. The summed E-state index contributed by atoms with van der Waals surface area (Å²) in [6.45, 7) is 0. The van der Waals surface area contributed by atoms with E-state index in [9.17, 15) is 14.8 Å². The number of carboxylic acids is 1. The summed E-state index contributed by atoms with van der Waals surface area (Å²) in [5.74, 6) is -1.83. The lowest BCUT2D eigenvalue weighted by Crippen LogP contribution is -2.35. The van der Waals surface area contributed by atoms with Crippen molar-refractivity contribution in [3.8, 4) is 11.3 Å². The molecule has 0 spiro atoms. The number of carboxylic acid groups (broad SMARTS) is 1. The number of benzene rings is 2. The minimum Gasteiger partial charge on any atom is -0.478 e. The molecule has 0 saturated carbocycles. The first-order valence-corrected chi connectivity index (χ1v) is 7.38. The zero-order valence-corrected chi connectivity index (χ0v) is 13.2. The first-order chi connectivity index (χ1) is 12.6. The Hall–Kier alpha value is -4.01. The number of nitrogens with zero attached hydrogens (tertiary/aromatic N) is 3. The molecule has 26 heavy (non-hydrogen) atoms. The molecule has 1 aromatic heterocycles. The smallest absolute Gasteiger partial charge is 0.335 e. The van der Waals surface area contributed by atoms with Crippen LogP contribution >= 0.6 is 0 Å². The molecule has 130 valence electrons. The molecule has 3 rings (SSSR count). The molecule has 0 unspecified atom stereocenters. The number of aromatic carboxylic acids is 1. The largest absolute Gasteiger partial charge is 0.478 e. The molecule has 0 radical (unpaired) electrons. The number of nitrogens with one attached hydrogen (secondary N) is 1. The highest BCUT2D eigenvalue weighted by atomic mass is 16.8. The first-order valence-electron chi connectivity index (χ1n) is 7.38. The van der Waals surface area contributed by atoms with Crippen molar-refractivity contribution in [1.29, 1.82) is 0 Å². The molecule has 2 aromatic carbocycles. The Bertz CT molecular complexity index is 965. The minimum absolute atomic E-state index is 0.00877. The Kier molecular flexibility index (Phi) is 4.70. The zero-order valence-electron chi connectivity index (χ0n) is 13.2. The maximum Gasteiger partial charge on any atom is 0.335 e. The van der Waals surface area contributed by atoms with Gasteiger partial charge >= 0.3 is 11.9 Å². The zero-order chi connectivity index (χ0) is 18.5. The molecule has 9 heteroatoms. The fraction of sp³-hybridized carbons (Fsp3) is 0. The van der Waals surface area contributed by atoms with E-state index < -0.39 is 11.9 Å². The van der Waals surface area contributed by atoms with Gasteiger partial charge < -0.3 is 10.3 Å². The summed E-state index contributed by atoms with van der Waals surface area (Å²) in [7, 11) is 0. The molecule has 0 bridgehead atoms. The van der Waals surface area contributed by atoms with Crippen LogP contribution in [0.3, 0.4) is 0 Å². The van der Waals surface area contributed by atoms with Crippen molar-refractivity contribution in [2.24, 2.45) is 5.10 Å². The second-order valence-corrected chi connectivity index (χ2v) is 5.12. The lowest BCUT2D eigenvalue weighted by Gasteiger charge is -1.99. The van der Waals surface area contributed by atoms with Gasteiger partial charge in [0.2, 0.25) is 0 Å². The topological polar surface area (TPSA) is 132 Å². The molecule has 0 aliphatic rings. The van der Waals surface area contributed by atoms with Crippen LogP contribution in [0.4, 0.5) is 0 Å². The Balaban J connectivity index is 1.75. The highest BCUT2D eigenvalue weighted by Gasteiger charge is 2.27. The quantitative estimate of drug-likeness (QED) is 0.406. The van der Waals surface area contributed by atoms with Crippen LogP contribution in [0.2, 0.25) is 0 Å². The molecule has 0 saturated heterocycles. The fourth-order valence-corrected chi connectivity index (χ4v) is 2.15. The van der Waals surface area contributed by atoms with Gasteiger partial charge in [-0.15, -0.1) is 0 Å². The number of aromatic nitrogens is 2. The van der Waals surface area contributed by atoms with Crippen LogP contribution in [0.1, 0.15) is 26.4 Å². The highest BCUT2D eigenvalue weighted by Crippen LogP contribution is 2.18. The van der Waals surface area contributed by atoms with Gasteiger partial charge in [0.15, 0.2) is 0 Å².